The molecule has 0 spiro atoms. The number of unbranched alkanes of at least 4 members (excludes halogenated alkanes) is 3. The molecule has 0 fully saturated rings. The fourth-order valence-corrected chi connectivity index (χ4v) is 1.55. The first-order chi connectivity index (χ1) is 6.31. The Morgan fingerprint density at radius 3 is 2.00 bits per heavy atom. The standard InChI is InChI=1S/C9H21O3P/c1-3-5-7-9-12-13(10)11-8-6-4-2/h13H,3-9H2,1-2H3. The molecule has 0 aliphatic carbocycles. The molecule has 0 bridgehead atoms. The van der Waals surface area contributed by atoms with Crippen molar-refractivity contribution in [2.24, 2.45) is 0 Å². The fourth-order valence-electron chi connectivity index (χ4n) is 0.849. The van der Waals surface area contributed by atoms with Crippen LogP contribution < -0.4 is 0 Å². The highest BCUT2D eigenvalue weighted by Crippen LogP contribution is 2.24. The van der Waals surface area contributed by atoms with E-state index in [-0.39, 0.29) is 0 Å². The molecule has 1 unspecified atom stereocenters. The summed E-state index contributed by atoms with van der Waals surface area (Å²) in [4.78, 5) is 0. The summed E-state index contributed by atoms with van der Waals surface area (Å²) >= 11 is 0. The summed E-state index contributed by atoms with van der Waals surface area (Å²) in [5.74, 6) is 0. The summed E-state index contributed by atoms with van der Waals surface area (Å²) in [5.41, 5.74) is 0. The molecule has 0 heterocycles. The van der Waals surface area contributed by atoms with E-state index in [0.29, 0.717) is 13.2 Å². The summed E-state index contributed by atoms with van der Waals surface area (Å²) in [6.45, 7) is 5.32. The van der Waals surface area contributed by atoms with Gasteiger partial charge in [-0.1, -0.05) is 33.1 Å². The molecule has 0 saturated heterocycles. The maximum absolute atomic E-state index is 11.0. The third-order valence-electron chi connectivity index (χ3n) is 1.69. The van der Waals surface area contributed by atoms with E-state index in [2.05, 4.69) is 13.8 Å². The molecule has 0 N–H and O–H groups in total. The zero-order valence-electron chi connectivity index (χ0n) is 8.67. The van der Waals surface area contributed by atoms with Gasteiger partial charge in [0.1, 0.15) is 0 Å². The maximum atomic E-state index is 11.0. The maximum Gasteiger partial charge on any atom is 0.319 e. The molecule has 0 radical (unpaired) electrons. The lowest BCUT2D eigenvalue weighted by molar-refractivity contribution is 0.220. The van der Waals surface area contributed by atoms with Crippen LogP contribution in [0.2, 0.25) is 0 Å². The monoisotopic (exact) mass is 208 g/mol. The Hall–Kier alpha value is 0.150. The topological polar surface area (TPSA) is 35.5 Å². The second-order valence-electron chi connectivity index (χ2n) is 3.01. The Balaban J connectivity index is 3.11. The molecule has 1 atom stereocenters. The lowest BCUT2D eigenvalue weighted by Crippen LogP contribution is -1.90. The van der Waals surface area contributed by atoms with E-state index in [0.717, 1.165) is 32.1 Å². The van der Waals surface area contributed by atoms with Gasteiger partial charge in [0, 0.05) is 0 Å². The molecule has 13 heavy (non-hydrogen) atoms. The van der Waals surface area contributed by atoms with Crippen molar-refractivity contribution >= 4 is 8.25 Å². The van der Waals surface area contributed by atoms with E-state index in [1.807, 2.05) is 0 Å². The van der Waals surface area contributed by atoms with Gasteiger partial charge in [0.25, 0.3) is 0 Å². The van der Waals surface area contributed by atoms with Crippen LogP contribution in [0.3, 0.4) is 0 Å². The second-order valence-corrected chi connectivity index (χ2v) is 4.08. The third-order valence-corrected chi connectivity index (χ3v) is 2.57. The van der Waals surface area contributed by atoms with Crippen molar-refractivity contribution in [3.63, 3.8) is 0 Å². The average Bonchev–Trinajstić information content (AvgIpc) is 2.13. The van der Waals surface area contributed by atoms with Gasteiger partial charge in [-0.25, -0.2) is 0 Å². The predicted molar refractivity (Wildman–Crippen MR) is 55.3 cm³/mol. The van der Waals surface area contributed by atoms with Crippen molar-refractivity contribution in [1.29, 1.82) is 0 Å². The normalized spacial score (nSPS) is 13.1. The molecular formula is C9H21O3P. The van der Waals surface area contributed by atoms with Crippen LogP contribution in [0.4, 0.5) is 0 Å². The number of hydrogen-bond donors (Lipinski definition) is 0. The third kappa shape index (κ3) is 10.1. The quantitative estimate of drug-likeness (QED) is 0.430. The second kappa shape index (κ2) is 10.2. The van der Waals surface area contributed by atoms with Gasteiger partial charge >= 0.3 is 8.25 Å². The van der Waals surface area contributed by atoms with Crippen LogP contribution in [0.1, 0.15) is 46.0 Å². The molecule has 0 amide bonds. The first-order valence-electron chi connectivity index (χ1n) is 5.10. The van der Waals surface area contributed by atoms with Gasteiger partial charge < -0.3 is 9.05 Å². The van der Waals surface area contributed by atoms with Gasteiger partial charge in [0.15, 0.2) is 0 Å². The van der Waals surface area contributed by atoms with Crippen molar-refractivity contribution < 1.29 is 13.6 Å². The molecule has 0 aromatic heterocycles. The van der Waals surface area contributed by atoms with Gasteiger partial charge in [-0.05, 0) is 12.8 Å². The Labute approximate surface area is 81.8 Å². The van der Waals surface area contributed by atoms with Crippen molar-refractivity contribution in [3.8, 4) is 0 Å². The lowest BCUT2D eigenvalue weighted by Gasteiger charge is -2.04. The molecule has 4 heteroatoms. The molecule has 0 aromatic carbocycles. The van der Waals surface area contributed by atoms with Crippen molar-refractivity contribution in [3.05, 3.63) is 0 Å². The molecule has 0 aliphatic heterocycles. The van der Waals surface area contributed by atoms with Crippen molar-refractivity contribution in [1.82, 2.24) is 0 Å². The molecule has 80 valence electrons. The molecule has 0 rings (SSSR count). The molecule has 0 saturated carbocycles. The summed E-state index contributed by atoms with van der Waals surface area (Å²) in [6.07, 6.45) is 5.27. The Morgan fingerprint density at radius 2 is 1.46 bits per heavy atom. The fraction of sp³-hybridized carbons (Fsp3) is 1.00. The first-order valence-corrected chi connectivity index (χ1v) is 6.33. The molecule has 0 aromatic rings. The Morgan fingerprint density at radius 1 is 0.923 bits per heavy atom. The number of hydrogen-bond acceptors (Lipinski definition) is 3. The largest absolute Gasteiger partial charge is 0.319 e. The van der Waals surface area contributed by atoms with Crippen LogP contribution in [0.5, 0.6) is 0 Å². The minimum atomic E-state index is -2.19. The highest BCUT2D eigenvalue weighted by molar-refractivity contribution is 7.33. The van der Waals surface area contributed by atoms with Crippen LogP contribution in [-0.4, -0.2) is 13.2 Å². The van der Waals surface area contributed by atoms with Gasteiger partial charge in [-0.2, -0.15) is 0 Å². The van der Waals surface area contributed by atoms with E-state index in [1.54, 1.807) is 0 Å². The van der Waals surface area contributed by atoms with Gasteiger partial charge in [-0.15, -0.1) is 0 Å². The molecular weight excluding hydrogens is 187 g/mol. The van der Waals surface area contributed by atoms with E-state index in [9.17, 15) is 4.57 Å². The summed E-state index contributed by atoms with van der Waals surface area (Å²) in [5, 5.41) is 0. The first kappa shape index (κ1) is 13.2. The van der Waals surface area contributed by atoms with Crippen molar-refractivity contribution in [2.75, 3.05) is 13.2 Å². The van der Waals surface area contributed by atoms with Gasteiger partial charge in [0.2, 0.25) is 0 Å². The smallest absolute Gasteiger partial charge is 0.311 e. The van der Waals surface area contributed by atoms with Crippen LogP contribution in [-0.2, 0) is 13.6 Å². The Bertz CT molecular complexity index is 128. The van der Waals surface area contributed by atoms with Crippen LogP contribution in [0, 0.1) is 0 Å². The SMILES string of the molecule is CCCCCO[PH](=O)OCCCC. The Kier molecular flexibility index (Phi) is 10.4. The highest BCUT2D eigenvalue weighted by Gasteiger charge is 1.97. The van der Waals surface area contributed by atoms with Gasteiger partial charge in [-0.3, -0.25) is 4.57 Å². The van der Waals surface area contributed by atoms with E-state index in [4.69, 9.17) is 9.05 Å². The zero-order chi connectivity index (χ0) is 9.94. The number of rotatable bonds is 9. The van der Waals surface area contributed by atoms with Crippen LogP contribution in [0.15, 0.2) is 0 Å². The van der Waals surface area contributed by atoms with Crippen LogP contribution >= 0.6 is 8.25 Å². The summed E-state index contributed by atoms with van der Waals surface area (Å²) in [7, 11) is -2.19. The summed E-state index contributed by atoms with van der Waals surface area (Å²) < 4.78 is 21.0. The lowest BCUT2D eigenvalue weighted by atomic mass is 10.3. The van der Waals surface area contributed by atoms with Crippen molar-refractivity contribution in [2.45, 2.75) is 46.0 Å². The average molecular weight is 208 g/mol. The van der Waals surface area contributed by atoms with E-state index >= 15 is 0 Å². The zero-order valence-corrected chi connectivity index (χ0v) is 9.67. The van der Waals surface area contributed by atoms with E-state index in [1.165, 1.54) is 0 Å². The van der Waals surface area contributed by atoms with Crippen LogP contribution in [0.25, 0.3) is 0 Å². The highest BCUT2D eigenvalue weighted by atomic mass is 31.1. The summed E-state index contributed by atoms with van der Waals surface area (Å²) in [6, 6.07) is 0. The minimum absolute atomic E-state index is 0.558. The predicted octanol–water partition coefficient (Wildman–Crippen LogP) is 3.40. The van der Waals surface area contributed by atoms with Gasteiger partial charge in [0.05, 0.1) is 13.2 Å². The molecule has 3 nitrogen and oxygen atoms in total. The molecule has 0 aliphatic rings. The van der Waals surface area contributed by atoms with E-state index < -0.39 is 8.25 Å². The minimum Gasteiger partial charge on any atom is -0.311 e.